The highest BCUT2D eigenvalue weighted by molar-refractivity contribution is 9.10. The standard InChI is InChI=1S/C10H9BrO3/c1-2-14-10(13)7-3-4-8(6-12)9(11)5-7/h3-6H,2H2,1H3. The first-order valence-electron chi connectivity index (χ1n) is 4.11. The number of benzene rings is 1. The number of halogens is 1. The number of hydrogen-bond donors (Lipinski definition) is 0. The van der Waals surface area contributed by atoms with E-state index in [4.69, 9.17) is 4.74 Å². The minimum Gasteiger partial charge on any atom is -0.462 e. The third kappa shape index (κ3) is 2.42. The van der Waals surface area contributed by atoms with Gasteiger partial charge in [-0.15, -0.1) is 0 Å². The Morgan fingerprint density at radius 1 is 1.57 bits per heavy atom. The maximum absolute atomic E-state index is 11.3. The summed E-state index contributed by atoms with van der Waals surface area (Å²) >= 11 is 3.19. The molecular weight excluding hydrogens is 248 g/mol. The number of carbonyl (C=O) groups is 2. The number of carbonyl (C=O) groups excluding carboxylic acids is 2. The van der Waals surface area contributed by atoms with Crippen molar-refractivity contribution in [2.24, 2.45) is 0 Å². The smallest absolute Gasteiger partial charge is 0.338 e. The van der Waals surface area contributed by atoms with Gasteiger partial charge in [0.15, 0.2) is 6.29 Å². The Bertz CT molecular complexity index is 360. The lowest BCUT2D eigenvalue weighted by Gasteiger charge is -2.02. The van der Waals surface area contributed by atoms with Crippen LogP contribution < -0.4 is 0 Å². The van der Waals surface area contributed by atoms with Crippen molar-refractivity contribution in [3.63, 3.8) is 0 Å². The number of hydrogen-bond acceptors (Lipinski definition) is 3. The van der Waals surface area contributed by atoms with Crippen LogP contribution in [-0.2, 0) is 4.74 Å². The average molecular weight is 257 g/mol. The molecule has 14 heavy (non-hydrogen) atoms. The summed E-state index contributed by atoms with van der Waals surface area (Å²) in [7, 11) is 0. The van der Waals surface area contributed by atoms with E-state index in [1.807, 2.05) is 0 Å². The Morgan fingerprint density at radius 3 is 2.79 bits per heavy atom. The van der Waals surface area contributed by atoms with E-state index in [9.17, 15) is 9.59 Å². The van der Waals surface area contributed by atoms with Crippen LogP contribution in [0.5, 0.6) is 0 Å². The fourth-order valence-electron chi connectivity index (χ4n) is 0.964. The molecule has 0 unspecified atom stereocenters. The second kappa shape index (κ2) is 4.91. The molecule has 0 radical (unpaired) electrons. The minimum atomic E-state index is -0.384. The first-order valence-corrected chi connectivity index (χ1v) is 4.90. The molecule has 0 aliphatic rings. The fraction of sp³-hybridized carbons (Fsp3) is 0.200. The predicted octanol–water partition coefficient (Wildman–Crippen LogP) is 2.44. The first-order chi connectivity index (χ1) is 6.69. The highest BCUT2D eigenvalue weighted by atomic mass is 79.9. The third-order valence-corrected chi connectivity index (χ3v) is 2.33. The van der Waals surface area contributed by atoms with E-state index < -0.39 is 0 Å². The van der Waals surface area contributed by atoms with Crippen LogP contribution in [0.3, 0.4) is 0 Å². The molecule has 0 bridgehead atoms. The summed E-state index contributed by atoms with van der Waals surface area (Å²) in [5.74, 6) is -0.384. The van der Waals surface area contributed by atoms with Gasteiger partial charge in [0.2, 0.25) is 0 Å². The number of rotatable bonds is 3. The van der Waals surface area contributed by atoms with Gasteiger partial charge in [-0.25, -0.2) is 4.79 Å². The predicted molar refractivity (Wildman–Crippen MR) is 55.5 cm³/mol. The molecule has 1 aromatic carbocycles. The van der Waals surface area contributed by atoms with Crippen LogP contribution in [-0.4, -0.2) is 18.9 Å². The normalized spacial score (nSPS) is 9.57. The lowest BCUT2D eigenvalue weighted by molar-refractivity contribution is 0.0526. The van der Waals surface area contributed by atoms with E-state index in [1.165, 1.54) is 0 Å². The van der Waals surface area contributed by atoms with E-state index in [-0.39, 0.29) is 5.97 Å². The summed E-state index contributed by atoms with van der Waals surface area (Å²) in [6, 6.07) is 4.71. The van der Waals surface area contributed by atoms with Gasteiger partial charge in [0.05, 0.1) is 12.2 Å². The van der Waals surface area contributed by atoms with Crippen molar-refractivity contribution >= 4 is 28.2 Å². The lowest BCUT2D eigenvalue weighted by Crippen LogP contribution is -2.04. The molecule has 74 valence electrons. The van der Waals surface area contributed by atoms with Crippen LogP contribution in [0.2, 0.25) is 0 Å². The van der Waals surface area contributed by atoms with Crippen LogP contribution in [0.1, 0.15) is 27.6 Å². The Morgan fingerprint density at radius 2 is 2.29 bits per heavy atom. The van der Waals surface area contributed by atoms with E-state index in [1.54, 1.807) is 25.1 Å². The molecule has 0 N–H and O–H groups in total. The van der Waals surface area contributed by atoms with Gasteiger partial charge in [0, 0.05) is 10.0 Å². The van der Waals surface area contributed by atoms with Gasteiger partial charge in [0.25, 0.3) is 0 Å². The number of esters is 1. The van der Waals surface area contributed by atoms with Gasteiger partial charge in [-0.2, -0.15) is 0 Å². The number of aldehydes is 1. The zero-order chi connectivity index (χ0) is 10.6. The van der Waals surface area contributed by atoms with Crippen molar-refractivity contribution < 1.29 is 14.3 Å². The summed E-state index contributed by atoms with van der Waals surface area (Å²) in [5.41, 5.74) is 0.947. The second-order valence-corrected chi connectivity index (χ2v) is 3.43. The molecule has 3 nitrogen and oxygen atoms in total. The van der Waals surface area contributed by atoms with E-state index in [0.717, 1.165) is 6.29 Å². The number of ether oxygens (including phenoxy) is 1. The van der Waals surface area contributed by atoms with Gasteiger partial charge < -0.3 is 4.74 Å². The molecule has 0 heterocycles. The second-order valence-electron chi connectivity index (χ2n) is 2.57. The summed E-state index contributed by atoms with van der Waals surface area (Å²) < 4.78 is 5.40. The van der Waals surface area contributed by atoms with Gasteiger partial charge in [-0.1, -0.05) is 15.9 Å². The summed E-state index contributed by atoms with van der Waals surface area (Å²) in [4.78, 5) is 21.8. The monoisotopic (exact) mass is 256 g/mol. The van der Waals surface area contributed by atoms with Gasteiger partial charge in [-0.05, 0) is 25.1 Å². The van der Waals surface area contributed by atoms with Crippen LogP contribution in [0.4, 0.5) is 0 Å². The molecular formula is C10H9BrO3. The molecule has 0 fully saturated rings. The third-order valence-electron chi connectivity index (χ3n) is 1.64. The lowest BCUT2D eigenvalue weighted by atomic mass is 10.1. The molecule has 0 aliphatic heterocycles. The van der Waals surface area contributed by atoms with Crippen LogP contribution in [0.15, 0.2) is 22.7 Å². The summed E-state index contributed by atoms with van der Waals surface area (Å²) in [6.07, 6.45) is 0.721. The summed E-state index contributed by atoms with van der Waals surface area (Å²) in [5, 5.41) is 0. The molecule has 0 saturated heterocycles. The minimum absolute atomic E-state index is 0.339. The SMILES string of the molecule is CCOC(=O)c1ccc(C=O)c(Br)c1. The van der Waals surface area contributed by atoms with Crippen molar-refractivity contribution in [1.82, 2.24) is 0 Å². The van der Waals surface area contributed by atoms with Crippen molar-refractivity contribution in [1.29, 1.82) is 0 Å². The Labute approximate surface area is 90.2 Å². The molecule has 0 spiro atoms. The maximum Gasteiger partial charge on any atom is 0.338 e. The Kier molecular flexibility index (Phi) is 3.83. The zero-order valence-corrected chi connectivity index (χ0v) is 9.21. The zero-order valence-electron chi connectivity index (χ0n) is 7.62. The highest BCUT2D eigenvalue weighted by Crippen LogP contribution is 2.17. The van der Waals surface area contributed by atoms with Crippen LogP contribution in [0, 0.1) is 0 Å². The fourth-order valence-corrected chi connectivity index (χ4v) is 1.44. The Balaban J connectivity index is 2.96. The maximum atomic E-state index is 11.3. The summed E-state index contributed by atoms with van der Waals surface area (Å²) in [6.45, 7) is 2.08. The first kappa shape index (κ1) is 10.9. The van der Waals surface area contributed by atoms with Gasteiger partial charge in [-0.3, -0.25) is 4.79 Å². The molecule has 0 aromatic heterocycles. The molecule has 0 aliphatic carbocycles. The van der Waals surface area contributed by atoms with Gasteiger partial charge in [0.1, 0.15) is 0 Å². The van der Waals surface area contributed by atoms with E-state index >= 15 is 0 Å². The highest BCUT2D eigenvalue weighted by Gasteiger charge is 2.08. The average Bonchev–Trinajstić information content (AvgIpc) is 2.18. The molecule has 0 atom stereocenters. The topological polar surface area (TPSA) is 43.4 Å². The van der Waals surface area contributed by atoms with Crippen molar-refractivity contribution in [2.45, 2.75) is 6.92 Å². The molecule has 0 saturated carbocycles. The Hall–Kier alpha value is -1.16. The molecule has 1 rings (SSSR count). The van der Waals surface area contributed by atoms with Crippen molar-refractivity contribution in [2.75, 3.05) is 6.61 Å². The van der Waals surface area contributed by atoms with Gasteiger partial charge >= 0.3 is 5.97 Å². The van der Waals surface area contributed by atoms with Crippen molar-refractivity contribution in [3.8, 4) is 0 Å². The van der Waals surface area contributed by atoms with E-state index in [2.05, 4.69) is 15.9 Å². The van der Waals surface area contributed by atoms with Crippen LogP contribution in [0.25, 0.3) is 0 Å². The largest absolute Gasteiger partial charge is 0.462 e. The molecule has 0 amide bonds. The van der Waals surface area contributed by atoms with E-state index in [0.29, 0.717) is 22.2 Å². The van der Waals surface area contributed by atoms with Crippen molar-refractivity contribution in [3.05, 3.63) is 33.8 Å². The van der Waals surface area contributed by atoms with Crippen LogP contribution >= 0.6 is 15.9 Å². The quantitative estimate of drug-likeness (QED) is 0.617. The molecule has 1 aromatic rings. The molecule has 4 heteroatoms.